The Balaban J connectivity index is 2.15. The van der Waals surface area contributed by atoms with Gasteiger partial charge in [0.25, 0.3) is 0 Å². The number of carbonyl (C=O) groups is 1. The zero-order valence-corrected chi connectivity index (χ0v) is 11.5. The molecule has 1 saturated heterocycles. The summed E-state index contributed by atoms with van der Waals surface area (Å²) in [5.74, 6) is -0.0771. The maximum Gasteiger partial charge on any atom is 0.164 e. The standard InChI is InChI=1S/C15H20FNO2/c1-11(18)15-13(16)4-3-5-14(15)17-8-6-12(7-9-17)10-19-2/h3-5,12H,6-10H2,1-2H3. The quantitative estimate of drug-likeness (QED) is 0.784. The van der Waals surface area contributed by atoms with Crippen molar-refractivity contribution < 1.29 is 13.9 Å². The topological polar surface area (TPSA) is 29.5 Å². The number of carbonyl (C=O) groups excluding carboxylic acids is 1. The summed E-state index contributed by atoms with van der Waals surface area (Å²) >= 11 is 0. The molecule has 1 aromatic carbocycles. The summed E-state index contributed by atoms with van der Waals surface area (Å²) in [4.78, 5) is 13.7. The number of ketones is 1. The van der Waals surface area contributed by atoms with Gasteiger partial charge in [-0.3, -0.25) is 4.79 Å². The molecule has 0 N–H and O–H groups in total. The number of hydrogen-bond acceptors (Lipinski definition) is 3. The molecule has 0 aliphatic carbocycles. The molecular formula is C15H20FNO2. The molecule has 3 nitrogen and oxygen atoms in total. The molecule has 0 spiro atoms. The van der Waals surface area contributed by atoms with E-state index in [-0.39, 0.29) is 11.3 Å². The van der Waals surface area contributed by atoms with Gasteiger partial charge in [-0.1, -0.05) is 6.07 Å². The van der Waals surface area contributed by atoms with Crippen molar-refractivity contribution in [2.75, 3.05) is 31.7 Å². The van der Waals surface area contributed by atoms with Gasteiger partial charge in [-0.05, 0) is 37.8 Å². The monoisotopic (exact) mass is 265 g/mol. The van der Waals surface area contributed by atoms with Crippen LogP contribution in [0, 0.1) is 11.7 Å². The van der Waals surface area contributed by atoms with Gasteiger partial charge >= 0.3 is 0 Å². The molecule has 0 bridgehead atoms. The number of halogens is 1. The molecule has 0 aromatic heterocycles. The molecular weight excluding hydrogens is 245 g/mol. The van der Waals surface area contributed by atoms with Gasteiger partial charge in [0.05, 0.1) is 11.3 Å². The Morgan fingerprint density at radius 1 is 1.42 bits per heavy atom. The molecule has 0 unspecified atom stereocenters. The third-order valence-corrected chi connectivity index (χ3v) is 3.70. The number of Topliss-reactive ketones (excluding diaryl/α,β-unsaturated/α-hetero) is 1. The van der Waals surface area contributed by atoms with Crippen molar-refractivity contribution >= 4 is 11.5 Å². The van der Waals surface area contributed by atoms with Crippen LogP contribution in [0.15, 0.2) is 18.2 Å². The molecule has 4 heteroatoms. The van der Waals surface area contributed by atoms with Crippen molar-refractivity contribution in [1.82, 2.24) is 0 Å². The lowest BCUT2D eigenvalue weighted by atomic mass is 9.96. The molecule has 19 heavy (non-hydrogen) atoms. The van der Waals surface area contributed by atoms with Gasteiger partial charge in [0.2, 0.25) is 0 Å². The van der Waals surface area contributed by atoms with Gasteiger partial charge in [-0.15, -0.1) is 0 Å². The van der Waals surface area contributed by atoms with Crippen molar-refractivity contribution in [2.24, 2.45) is 5.92 Å². The first-order chi connectivity index (χ1) is 9.13. The molecule has 0 amide bonds. The Bertz CT molecular complexity index is 453. The van der Waals surface area contributed by atoms with E-state index in [9.17, 15) is 9.18 Å². The smallest absolute Gasteiger partial charge is 0.164 e. The molecule has 0 atom stereocenters. The Hall–Kier alpha value is -1.42. The fourth-order valence-corrected chi connectivity index (χ4v) is 2.70. The Morgan fingerprint density at radius 2 is 2.11 bits per heavy atom. The summed E-state index contributed by atoms with van der Waals surface area (Å²) in [5.41, 5.74) is 0.941. The van der Waals surface area contributed by atoms with Crippen molar-refractivity contribution in [1.29, 1.82) is 0 Å². The maximum absolute atomic E-state index is 13.8. The van der Waals surface area contributed by atoms with E-state index in [2.05, 4.69) is 4.90 Å². The predicted molar refractivity (Wildman–Crippen MR) is 73.2 cm³/mol. The summed E-state index contributed by atoms with van der Waals surface area (Å²) in [7, 11) is 1.72. The predicted octanol–water partition coefficient (Wildman–Crippen LogP) is 2.89. The van der Waals surface area contributed by atoms with Crippen LogP contribution in [-0.4, -0.2) is 32.6 Å². The first-order valence-electron chi connectivity index (χ1n) is 6.66. The van der Waals surface area contributed by atoms with Gasteiger partial charge in [0.1, 0.15) is 5.82 Å². The number of ether oxygens (including phenoxy) is 1. The largest absolute Gasteiger partial charge is 0.384 e. The van der Waals surface area contributed by atoms with Gasteiger partial charge in [-0.25, -0.2) is 4.39 Å². The third kappa shape index (κ3) is 3.13. The van der Waals surface area contributed by atoms with E-state index in [4.69, 9.17) is 4.74 Å². The van der Waals surface area contributed by atoms with Crippen molar-refractivity contribution in [3.8, 4) is 0 Å². The number of benzene rings is 1. The zero-order valence-electron chi connectivity index (χ0n) is 11.5. The van der Waals surface area contributed by atoms with Crippen LogP contribution < -0.4 is 4.90 Å². The van der Waals surface area contributed by atoms with E-state index in [0.29, 0.717) is 5.92 Å². The lowest BCUT2D eigenvalue weighted by Crippen LogP contribution is -2.36. The fraction of sp³-hybridized carbons (Fsp3) is 0.533. The van der Waals surface area contributed by atoms with Crippen LogP contribution >= 0.6 is 0 Å². The van der Waals surface area contributed by atoms with Crippen molar-refractivity contribution in [2.45, 2.75) is 19.8 Å². The molecule has 1 aliphatic rings. The van der Waals surface area contributed by atoms with Crippen molar-refractivity contribution in [3.05, 3.63) is 29.6 Å². The van der Waals surface area contributed by atoms with Gasteiger partial charge in [0.15, 0.2) is 5.78 Å². The van der Waals surface area contributed by atoms with E-state index in [1.54, 1.807) is 13.2 Å². The van der Waals surface area contributed by atoms with Crippen molar-refractivity contribution in [3.63, 3.8) is 0 Å². The van der Waals surface area contributed by atoms with Gasteiger partial charge in [0, 0.05) is 26.8 Å². The number of anilines is 1. The first kappa shape index (κ1) is 14.0. The highest BCUT2D eigenvalue weighted by molar-refractivity contribution is 6.00. The lowest BCUT2D eigenvalue weighted by Gasteiger charge is -2.34. The Kier molecular flexibility index (Phi) is 4.53. The van der Waals surface area contributed by atoms with Crippen LogP contribution in [0.2, 0.25) is 0 Å². The van der Waals surface area contributed by atoms with E-state index in [1.807, 2.05) is 6.07 Å². The lowest BCUT2D eigenvalue weighted by molar-refractivity contribution is 0.101. The molecule has 1 heterocycles. The number of piperidine rings is 1. The van der Waals surface area contributed by atoms with Crippen LogP contribution in [0.1, 0.15) is 30.1 Å². The van der Waals surface area contributed by atoms with E-state index in [0.717, 1.165) is 38.2 Å². The van der Waals surface area contributed by atoms with E-state index in [1.165, 1.54) is 13.0 Å². The molecule has 1 aliphatic heterocycles. The SMILES string of the molecule is COCC1CCN(c2cccc(F)c2C(C)=O)CC1. The minimum atomic E-state index is -0.427. The van der Waals surface area contributed by atoms with E-state index < -0.39 is 5.82 Å². The second-order valence-corrected chi connectivity index (χ2v) is 5.08. The highest BCUT2D eigenvalue weighted by Crippen LogP contribution is 2.28. The second-order valence-electron chi connectivity index (χ2n) is 5.08. The Morgan fingerprint density at radius 3 is 2.68 bits per heavy atom. The summed E-state index contributed by atoms with van der Waals surface area (Å²) in [6.45, 7) is 3.88. The number of nitrogens with zero attached hydrogens (tertiary/aromatic N) is 1. The zero-order chi connectivity index (χ0) is 13.8. The number of hydrogen-bond donors (Lipinski definition) is 0. The van der Waals surface area contributed by atoms with Gasteiger partial charge < -0.3 is 9.64 Å². The average molecular weight is 265 g/mol. The van der Waals surface area contributed by atoms with Crippen LogP contribution in [0.25, 0.3) is 0 Å². The summed E-state index contributed by atoms with van der Waals surface area (Å²) in [6, 6.07) is 4.84. The van der Waals surface area contributed by atoms with Crippen LogP contribution in [0.3, 0.4) is 0 Å². The number of methoxy groups -OCH3 is 1. The average Bonchev–Trinajstić information content (AvgIpc) is 2.39. The molecule has 2 rings (SSSR count). The molecule has 1 fully saturated rings. The molecule has 104 valence electrons. The first-order valence-corrected chi connectivity index (χ1v) is 6.66. The maximum atomic E-state index is 13.8. The Labute approximate surface area is 113 Å². The minimum Gasteiger partial charge on any atom is -0.384 e. The molecule has 1 aromatic rings. The summed E-state index contributed by atoms with van der Waals surface area (Å²) in [6.07, 6.45) is 2.03. The van der Waals surface area contributed by atoms with Crippen LogP contribution in [0.4, 0.5) is 10.1 Å². The third-order valence-electron chi connectivity index (χ3n) is 3.70. The molecule has 0 saturated carbocycles. The minimum absolute atomic E-state index is 0.215. The van der Waals surface area contributed by atoms with Crippen LogP contribution in [0.5, 0.6) is 0 Å². The van der Waals surface area contributed by atoms with Gasteiger partial charge in [-0.2, -0.15) is 0 Å². The molecule has 0 radical (unpaired) electrons. The highest BCUT2D eigenvalue weighted by atomic mass is 19.1. The normalized spacial score (nSPS) is 16.7. The fourth-order valence-electron chi connectivity index (χ4n) is 2.70. The highest BCUT2D eigenvalue weighted by Gasteiger charge is 2.23. The number of rotatable bonds is 4. The summed E-state index contributed by atoms with van der Waals surface area (Å²) < 4.78 is 19.0. The van der Waals surface area contributed by atoms with Crippen LogP contribution in [-0.2, 0) is 4.74 Å². The second kappa shape index (κ2) is 6.15. The summed E-state index contributed by atoms with van der Waals surface area (Å²) in [5, 5.41) is 0. The van der Waals surface area contributed by atoms with E-state index >= 15 is 0 Å².